The molecule has 0 bridgehead atoms. The monoisotopic (exact) mass is 434 g/mol. The molecule has 4 N–H and O–H groups in total. The third kappa shape index (κ3) is 5.56. The van der Waals surface area contributed by atoms with Crippen molar-refractivity contribution in [2.24, 2.45) is 5.14 Å². The van der Waals surface area contributed by atoms with Crippen molar-refractivity contribution < 1.29 is 12.9 Å². The molecule has 4 rings (SSSR count). The normalized spacial score (nSPS) is 11.5. The molecule has 0 saturated carbocycles. The van der Waals surface area contributed by atoms with E-state index in [0.29, 0.717) is 30.0 Å². The van der Waals surface area contributed by atoms with E-state index >= 15 is 0 Å². The summed E-state index contributed by atoms with van der Waals surface area (Å²) in [5.74, 6) is 0.837. The average molecular weight is 435 g/mol. The van der Waals surface area contributed by atoms with Crippen LogP contribution in [0.2, 0.25) is 0 Å². The zero-order valence-electron chi connectivity index (χ0n) is 16.7. The summed E-state index contributed by atoms with van der Waals surface area (Å²) in [6.45, 7) is 0. The Morgan fingerprint density at radius 1 is 0.839 bits per heavy atom. The molecule has 2 heterocycles. The van der Waals surface area contributed by atoms with E-state index < -0.39 is 10.0 Å². The highest BCUT2D eigenvalue weighted by atomic mass is 32.2. The van der Waals surface area contributed by atoms with Crippen LogP contribution in [0, 0.1) is 0 Å². The van der Waals surface area contributed by atoms with Crippen LogP contribution in [0.5, 0.6) is 0 Å². The van der Waals surface area contributed by atoms with Gasteiger partial charge in [0, 0.05) is 18.7 Å². The van der Waals surface area contributed by atoms with E-state index in [9.17, 15) is 8.42 Å². The number of anilines is 1. The van der Waals surface area contributed by atoms with Gasteiger partial charge in [0.05, 0.1) is 17.0 Å². The lowest BCUT2D eigenvalue weighted by atomic mass is 10.0. The lowest BCUT2D eigenvalue weighted by Gasteiger charge is -2.06. The number of primary sulfonamides is 1. The van der Waals surface area contributed by atoms with E-state index in [2.05, 4.69) is 34.4 Å². The molecule has 0 aliphatic carbocycles. The maximum Gasteiger partial charge on any atom is 0.213 e. The Morgan fingerprint density at radius 2 is 1.55 bits per heavy atom. The highest BCUT2D eigenvalue weighted by molar-refractivity contribution is 7.88. The lowest BCUT2D eigenvalue weighted by Crippen LogP contribution is -2.14. The van der Waals surface area contributed by atoms with Crippen molar-refractivity contribution in [1.29, 1.82) is 0 Å². The van der Waals surface area contributed by atoms with Gasteiger partial charge in [-0.15, -0.1) is 0 Å². The van der Waals surface area contributed by atoms with Crippen molar-refractivity contribution in [3.63, 3.8) is 0 Å². The van der Waals surface area contributed by atoms with Crippen molar-refractivity contribution in [2.75, 3.05) is 5.73 Å². The largest absolute Gasteiger partial charge is 0.383 e. The molecule has 0 fully saturated rings. The number of benzene rings is 2. The summed E-state index contributed by atoms with van der Waals surface area (Å²) in [6.07, 6.45) is 2.97. The molecular weight excluding hydrogens is 412 g/mol. The first-order valence-electron chi connectivity index (χ1n) is 9.68. The fourth-order valence-electron chi connectivity index (χ4n) is 3.43. The van der Waals surface area contributed by atoms with Crippen LogP contribution in [0.3, 0.4) is 0 Å². The summed E-state index contributed by atoms with van der Waals surface area (Å²) in [4.78, 5) is 4.07. The van der Waals surface area contributed by atoms with E-state index in [4.69, 9.17) is 15.4 Å². The number of aromatic nitrogens is 2. The fourth-order valence-corrected chi connectivity index (χ4v) is 4.07. The average Bonchev–Trinajstić information content (AvgIpc) is 3.17. The van der Waals surface area contributed by atoms with Gasteiger partial charge in [0.1, 0.15) is 5.82 Å². The Morgan fingerprint density at radius 3 is 2.26 bits per heavy atom. The van der Waals surface area contributed by atoms with Gasteiger partial charge in [-0.05, 0) is 40.8 Å². The molecule has 4 aromatic rings. The van der Waals surface area contributed by atoms with Crippen LogP contribution in [0.4, 0.5) is 5.82 Å². The summed E-state index contributed by atoms with van der Waals surface area (Å²) in [7, 11) is -3.54. The predicted octanol–water partition coefficient (Wildman–Crippen LogP) is 3.29. The highest BCUT2D eigenvalue weighted by Gasteiger charge is 2.11. The second kappa shape index (κ2) is 8.71. The minimum absolute atomic E-state index is 0.163. The molecule has 0 spiro atoms. The summed E-state index contributed by atoms with van der Waals surface area (Å²) >= 11 is 0. The number of hydrogen-bond donors (Lipinski definition) is 2. The molecule has 7 nitrogen and oxygen atoms in total. The van der Waals surface area contributed by atoms with Crippen LogP contribution in [0.15, 0.2) is 77.4 Å². The molecule has 158 valence electrons. The van der Waals surface area contributed by atoms with E-state index in [1.54, 1.807) is 18.3 Å². The summed E-state index contributed by atoms with van der Waals surface area (Å²) in [5.41, 5.74) is 11.4. The Balaban J connectivity index is 1.43. The van der Waals surface area contributed by atoms with Crippen molar-refractivity contribution in [1.82, 2.24) is 10.1 Å². The van der Waals surface area contributed by atoms with Crippen LogP contribution in [-0.4, -0.2) is 18.6 Å². The number of rotatable bonds is 7. The predicted molar refractivity (Wildman–Crippen MR) is 119 cm³/mol. The molecule has 0 amide bonds. The maximum absolute atomic E-state index is 11.3. The topological polar surface area (TPSA) is 125 Å². The first-order chi connectivity index (χ1) is 14.9. The van der Waals surface area contributed by atoms with Crippen LogP contribution in [0.1, 0.15) is 27.9 Å². The summed E-state index contributed by atoms with van der Waals surface area (Å²) in [6, 6.07) is 21.2. The molecule has 0 aliphatic rings. The van der Waals surface area contributed by atoms with E-state index in [0.717, 1.165) is 27.9 Å². The van der Waals surface area contributed by atoms with Gasteiger partial charge >= 0.3 is 0 Å². The van der Waals surface area contributed by atoms with Crippen LogP contribution in [-0.2, 0) is 28.6 Å². The molecule has 2 aromatic carbocycles. The van der Waals surface area contributed by atoms with Crippen LogP contribution >= 0.6 is 0 Å². The first-order valence-corrected chi connectivity index (χ1v) is 11.4. The molecule has 0 radical (unpaired) electrons. The van der Waals surface area contributed by atoms with Crippen molar-refractivity contribution in [3.8, 4) is 11.3 Å². The molecule has 0 unspecified atom stereocenters. The molecule has 0 saturated heterocycles. The van der Waals surface area contributed by atoms with Crippen molar-refractivity contribution in [3.05, 3.63) is 101 Å². The van der Waals surface area contributed by atoms with Crippen LogP contribution in [0.25, 0.3) is 11.3 Å². The number of nitrogen functional groups attached to an aromatic ring is 1. The zero-order valence-corrected chi connectivity index (χ0v) is 17.5. The second-order valence-electron chi connectivity index (χ2n) is 7.42. The molecule has 31 heavy (non-hydrogen) atoms. The Kier molecular flexibility index (Phi) is 5.83. The van der Waals surface area contributed by atoms with Crippen LogP contribution < -0.4 is 10.9 Å². The number of nitrogens with two attached hydrogens (primary N) is 2. The maximum atomic E-state index is 11.3. The van der Waals surface area contributed by atoms with E-state index in [1.165, 1.54) is 0 Å². The number of sulfonamides is 1. The van der Waals surface area contributed by atoms with Gasteiger partial charge in [0.15, 0.2) is 5.76 Å². The van der Waals surface area contributed by atoms with Gasteiger partial charge < -0.3 is 10.3 Å². The second-order valence-corrected chi connectivity index (χ2v) is 9.03. The molecule has 2 aromatic heterocycles. The standard InChI is InChI=1S/C23H22N4O3S/c24-23-21(5-2-10-26-23)22-14-20(27-30-22)13-17-8-6-16(7-9-17)11-18-3-1-4-19(12-18)15-31(25,28)29/h1-10,12,14H,11,13,15H2,(H2,24,26)(H2,25,28,29). The van der Waals surface area contributed by atoms with Gasteiger partial charge in [-0.1, -0.05) is 53.7 Å². The molecule has 8 heteroatoms. The summed E-state index contributed by atoms with van der Waals surface area (Å²) in [5, 5.41) is 9.28. The minimum atomic E-state index is -3.54. The SMILES string of the molecule is Nc1ncccc1-c1cc(Cc2ccc(Cc3cccc(CS(N)(=O)=O)c3)cc2)no1. The molecular formula is C23H22N4O3S. The minimum Gasteiger partial charge on any atom is -0.383 e. The summed E-state index contributed by atoms with van der Waals surface area (Å²) < 4.78 is 28.1. The van der Waals surface area contributed by atoms with E-state index in [-0.39, 0.29) is 5.75 Å². The van der Waals surface area contributed by atoms with Crippen molar-refractivity contribution >= 4 is 15.8 Å². The molecule has 0 aliphatic heterocycles. The molecule has 0 atom stereocenters. The first kappa shape index (κ1) is 20.8. The fraction of sp³-hybridized carbons (Fsp3) is 0.130. The van der Waals surface area contributed by atoms with Gasteiger partial charge in [-0.2, -0.15) is 0 Å². The Hall–Kier alpha value is -3.49. The lowest BCUT2D eigenvalue weighted by molar-refractivity contribution is 0.425. The van der Waals surface area contributed by atoms with Gasteiger partial charge in [0.25, 0.3) is 0 Å². The third-order valence-corrected chi connectivity index (χ3v) is 5.57. The number of pyridine rings is 1. The number of hydrogen-bond acceptors (Lipinski definition) is 6. The Labute approximate surface area is 180 Å². The Bertz CT molecular complexity index is 1300. The van der Waals surface area contributed by atoms with E-state index in [1.807, 2.05) is 30.3 Å². The third-order valence-electron chi connectivity index (χ3n) is 4.84. The van der Waals surface area contributed by atoms with Gasteiger partial charge in [-0.25, -0.2) is 18.5 Å². The van der Waals surface area contributed by atoms with Gasteiger partial charge in [0.2, 0.25) is 10.0 Å². The highest BCUT2D eigenvalue weighted by Crippen LogP contribution is 2.25. The quantitative estimate of drug-likeness (QED) is 0.460. The van der Waals surface area contributed by atoms with Crippen molar-refractivity contribution in [2.45, 2.75) is 18.6 Å². The zero-order chi connectivity index (χ0) is 21.8. The smallest absolute Gasteiger partial charge is 0.213 e. The van der Waals surface area contributed by atoms with Gasteiger partial charge in [-0.3, -0.25) is 0 Å². The number of nitrogens with zero attached hydrogens (tertiary/aromatic N) is 2.